The molecule has 1 aromatic carbocycles. The lowest BCUT2D eigenvalue weighted by Crippen LogP contribution is -2.52. The Morgan fingerprint density at radius 1 is 1.38 bits per heavy atom. The van der Waals surface area contributed by atoms with Crippen LogP contribution in [0.4, 0.5) is 0 Å². The van der Waals surface area contributed by atoms with Crippen LogP contribution in [0, 0.1) is 0 Å². The zero-order valence-corrected chi connectivity index (χ0v) is 12.2. The Hall–Kier alpha value is -1.92. The molecule has 1 aliphatic rings. The van der Waals surface area contributed by atoms with E-state index in [0.29, 0.717) is 12.8 Å². The second-order valence-corrected chi connectivity index (χ2v) is 5.08. The maximum atomic E-state index is 11.9. The van der Waals surface area contributed by atoms with Crippen LogP contribution >= 0.6 is 0 Å². The molecule has 2 N–H and O–H groups in total. The predicted molar refractivity (Wildman–Crippen MR) is 76.8 cm³/mol. The molecule has 6 heteroatoms. The summed E-state index contributed by atoms with van der Waals surface area (Å²) >= 11 is 0. The van der Waals surface area contributed by atoms with Gasteiger partial charge in [-0.2, -0.15) is 0 Å². The van der Waals surface area contributed by atoms with Crippen LogP contribution in [-0.2, 0) is 9.59 Å². The third-order valence-electron chi connectivity index (χ3n) is 3.71. The van der Waals surface area contributed by atoms with E-state index >= 15 is 0 Å². The van der Waals surface area contributed by atoms with E-state index in [9.17, 15) is 14.7 Å². The lowest BCUT2D eigenvalue weighted by atomic mass is 10.0. The number of carbonyl (C=O) groups is 2. The highest BCUT2D eigenvalue weighted by Gasteiger charge is 2.31. The van der Waals surface area contributed by atoms with Gasteiger partial charge in [0, 0.05) is 20.0 Å². The second-order valence-electron chi connectivity index (χ2n) is 5.08. The van der Waals surface area contributed by atoms with Crippen molar-refractivity contribution in [3.05, 3.63) is 29.8 Å². The number of aliphatic hydroxyl groups is 1. The number of nitrogens with one attached hydrogen (secondary N) is 1. The molecule has 1 fully saturated rings. The standard InChI is InChI=1S/C15H20N2O4/c1-17-14(19)8-7-12(15(17)20)16-9-13(18)10-3-5-11(21-2)6-4-10/h3-6,12-13,16,18H,7-9H2,1-2H3. The summed E-state index contributed by atoms with van der Waals surface area (Å²) in [6, 6.07) is 6.70. The minimum atomic E-state index is -0.716. The fourth-order valence-electron chi connectivity index (χ4n) is 2.30. The van der Waals surface area contributed by atoms with Gasteiger partial charge in [-0.05, 0) is 24.1 Å². The molecule has 0 spiro atoms. The van der Waals surface area contributed by atoms with Crippen molar-refractivity contribution in [2.24, 2.45) is 0 Å². The first kappa shape index (κ1) is 15.5. The van der Waals surface area contributed by atoms with Gasteiger partial charge in [0.25, 0.3) is 0 Å². The van der Waals surface area contributed by atoms with Crippen molar-refractivity contribution in [3.63, 3.8) is 0 Å². The van der Waals surface area contributed by atoms with Gasteiger partial charge in [-0.25, -0.2) is 0 Å². The molecule has 0 bridgehead atoms. The van der Waals surface area contributed by atoms with Gasteiger partial charge in [0.05, 0.1) is 19.3 Å². The zero-order valence-electron chi connectivity index (χ0n) is 12.2. The van der Waals surface area contributed by atoms with Crippen LogP contribution in [-0.4, -0.2) is 48.6 Å². The van der Waals surface area contributed by atoms with Gasteiger partial charge in [-0.3, -0.25) is 14.5 Å². The molecule has 0 aliphatic carbocycles. The van der Waals surface area contributed by atoms with Gasteiger partial charge in [0.2, 0.25) is 11.8 Å². The smallest absolute Gasteiger partial charge is 0.246 e. The number of rotatable bonds is 5. The lowest BCUT2D eigenvalue weighted by Gasteiger charge is -2.29. The highest BCUT2D eigenvalue weighted by Crippen LogP contribution is 2.18. The van der Waals surface area contributed by atoms with Crippen LogP contribution in [0.3, 0.4) is 0 Å². The van der Waals surface area contributed by atoms with Crippen LogP contribution in [0.1, 0.15) is 24.5 Å². The van der Waals surface area contributed by atoms with E-state index in [-0.39, 0.29) is 18.4 Å². The topological polar surface area (TPSA) is 78.9 Å². The Balaban J connectivity index is 1.89. The van der Waals surface area contributed by atoms with E-state index in [1.54, 1.807) is 31.4 Å². The summed E-state index contributed by atoms with van der Waals surface area (Å²) in [6.07, 6.45) is 0.0993. The molecule has 1 aliphatic heterocycles. The molecule has 2 atom stereocenters. The first-order valence-corrected chi connectivity index (χ1v) is 6.88. The van der Waals surface area contributed by atoms with E-state index in [0.717, 1.165) is 16.2 Å². The van der Waals surface area contributed by atoms with E-state index in [1.807, 2.05) is 0 Å². The lowest BCUT2D eigenvalue weighted by molar-refractivity contribution is -0.148. The molecule has 0 saturated carbocycles. The Morgan fingerprint density at radius 2 is 2.05 bits per heavy atom. The molecule has 6 nitrogen and oxygen atoms in total. The molecular formula is C15H20N2O4. The Labute approximate surface area is 123 Å². The average molecular weight is 292 g/mol. The molecule has 0 aromatic heterocycles. The Kier molecular flexibility index (Phi) is 4.93. The number of likely N-dealkylation sites (N-methyl/N-ethyl adjacent to an activating group) is 1. The summed E-state index contributed by atoms with van der Waals surface area (Å²) in [5, 5.41) is 13.1. The monoisotopic (exact) mass is 292 g/mol. The fourth-order valence-corrected chi connectivity index (χ4v) is 2.30. The first-order valence-electron chi connectivity index (χ1n) is 6.88. The minimum Gasteiger partial charge on any atom is -0.497 e. The zero-order chi connectivity index (χ0) is 15.4. The number of ether oxygens (including phenoxy) is 1. The summed E-state index contributed by atoms with van der Waals surface area (Å²) in [6.45, 7) is 0.255. The van der Waals surface area contributed by atoms with E-state index < -0.39 is 12.1 Å². The molecule has 2 rings (SSSR count). The molecule has 2 unspecified atom stereocenters. The van der Waals surface area contributed by atoms with Gasteiger partial charge < -0.3 is 15.2 Å². The Bertz CT molecular complexity index is 515. The largest absolute Gasteiger partial charge is 0.497 e. The van der Waals surface area contributed by atoms with Gasteiger partial charge in [-0.1, -0.05) is 12.1 Å². The number of hydrogen-bond donors (Lipinski definition) is 2. The van der Waals surface area contributed by atoms with Crippen LogP contribution in [0.2, 0.25) is 0 Å². The minimum absolute atomic E-state index is 0.159. The third-order valence-corrected chi connectivity index (χ3v) is 3.71. The number of amides is 2. The fraction of sp³-hybridized carbons (Fsp3) is 0.467. The maximum Gasteiger partial charge on any atom is 0.246 e. The third kappa shape index (κ3) is 3.59. The molecule has 114 valence electrons. The number of aliphatic hydroxyl groups excluding tert-OH is 1. The van der Waals surface area contributed by atoms with Crippen molar-refractivity contribution in [2.75, 3.05) is 20.7 Å². The average Bonchev–Trinajstić information content (AvgIpc) is 2.52. The van der Waals surface area contributed by atoms with Gasteiger partial charge in [0.15, 0.2) is 0 Å². The molecular weight excluding hydrogens is 272 g/mol. The molecule has 0 radical (unpaired) electrons. The van der Waals surface area contributed by atoms with Crippen molar-refractivity contribution >= 4 is 11.8 Å². The highest BCUT2D eigenvalue weighted by molar-refractivity contribution is 6.00. The predicted octanol–water partition coefficient (Wildman–Crippen LogP) is 0.466. The normalized spacial score (nSPS) is 20.5. The Morgan fingerprint density at radius 3 is 2.67 bits per heavy atom. The maximum absolute atomic E-state index is 11.9. The van der Waals surface area contributed by atoms with Crippen LogP contribution in [0.15, 0.2) is 24.3 Å². The van der Waals surface area contributed by atoms with Crippen LogP contribution < -0.4 is 10.1 Å². The number of piperidine rings is 1. The van der Waals surface area contributed by atoms with Gasteiger partial charge in [-0.15, -0.1) is 0 Å². The summed E-state index contributed by atoms with van der Waals surface area (Å²) in [4.78, 5) is 24.4. The first-order chi connectivity index (χ1) is 10.0. The number of hydrogen-bond acceptors (Lipinski definition) is 5. The number of imide groups is 1. The number of benzene rings is 1. The van der Waals surface area contributed by atoms with Crippen molar-refractivity contribution < 1.29 is 19.4 Å². The van der Waals surface area contributed by atoms with E-state index in [4.69, 9.17) is 4.74 Å². The van der Waals surface area contributed by atoms with Crippen molar-refractivity contribution in [1.29, 1.82) is 0 Å². The number of likely N-dealkylation sites (tertiary alicyclic amines) is 1. The summed E-state index contributed by atoms with van der Waals surface area (Å²) < 4.78 is 5.06. The molecule has 21 heavy (non-hydrogen) atoms. The number of carbonyl (C=O) groups excluding carboxylic acids is 2. The highest BCUT2D eigenvalue weighted by atomic mass is 16.5. The molecule has 1 aromatic rings. The number of methoxy groups -OCH3 is 1. The van der Waals surface area contributed by atoms with E-state index in [1.165, 1.54) is 7.05 Å². The van der Waals surface area contributed by atoms with E-state index in [2.05, 4.69) is 5.32 Å². The quantitative estimate of drug-likeness (QED) is 0.771. The summed E-state index contributed by atoms with van der Waals surface area (Å²) in [5.74, 6) is 0.323. The van der Waals surface area contributed by atoms with Crippen LogP contribution in [0.5, 0.6) is 5.75 Å². The van der Waals surface area contributed by atoms with Crippen molar-refractivity contribution in [3.8, 4) is 5.75 Å². The van der Waals surface area contributed by atoms with Gasteiger partial charge in [0.1, 0.15) is 5.75 Å². The van der Waals surface area contributed by atoms with Gasteiger partial charge >= 0.3 is 0 Å². The summed E-state index contributed by atoms with van der Waals surface area (Å²) in [7, 11) is 3.07. The van der Waals surface area contributed by atoms with Crippen molar-refractivity contribution in [2.45, 2.75) is 25.0 Å². The molecule has 1 heterocycles. The molecule has 1 saturated heterocycles. The molecule has 2 amide bonds. The summed E-state index contributed by atoms with van der Waals surface area (Å²) in [5.41, 5.74) is 0.746. The second kappa shape index (κ2) is 6.69. The SMILES string of the molecule is COc1ccc(C(O)CNC2CCC(=O)N(C)C2=O)cc1. The van der Waals surface area contributed by atoms with Crippen molar-refractivity contribution in [1.82, 2.24) is 10.2 Å². The van der Waals surface area contributed by atoms with Crippen LogP contribution in [0.25, 0.3) is 0 Å². The number of nitrogens with zero attached hydrogens (tertiary/aromatic N) is 1.